The SMILES string of the molecule is Cc1ccc(NC(=O)CS(=O)Cc2ccc(CO)cc2)cc1C. The van der Waals surface area contributed by atoms with Gasteiger partial charge in [0.15, 0.2) is 0 Å². The quantitative estimate of drug-likeness (QED) is 0.855. The van der Waals surface area contributed by atoms with Gasteiger partial charge in [0.05, 0.1) is 6.61 Å². The average molecular weight is 331 g/mol. The van der Waals surface area contributed by atoms with Crippen LogP contribution in [0.4, 0.5) is 5.69 Å². The van der Waals surface area contributed by atoms with Crippen LogP contribution >= 0.6 is 0 Å². The van der Waals surface area contributed by atoms with E-state index in [0.29, 0.717) is 5.75 Å². The van der Waals surface area contributed by atoms with E-state index in [-0.39, 0.29) is 18.3 Å². The van der Waals surface area contributed by atoms with Gasteiger partial charge in [0.2, 0.25) is 5.91 Å². The van der Waals surface area contributed by atoms with Gasteiger partial charge in [0.25, 0.3) is 0 Å². The highest BCUT2D eigenvalue weighted by Crippen LogP contribution is 2.14. The van der Waals surface area contributed by atoms with Crippen LogP contribution in [0.1, 0.15) is 22.3 Å². The van der Waals surface area contributed by atoms with E-state index in [1.165, 1.54) is 0 Å². The summed E-state index contributed by atoms with van der Waals surface area (Å²) in [4.78, 5) is 12.0. The van der Waals surface area contributed by atoms with E-state index in [9.17, 15) is 9.00 Å². The lowest BCUT2D eigenvalue weighted by Crippen LogP contribution is -2.20. The number of anilines is 1. The van der Waals surface area contributed by atoms with Crippen molar-refractivity contribution in [3.63, 3.8) is 0 Å². The van der Waals surface area contributed by atoms with Gasteiger partial charge in [0.1, 0.15) is 5.75 Å². The summed E-state index contributed by atoms with van der Waals surface area (Å²) in [6.45, 7) is 3.99. The normalized spacial score (nSPS) is 12.0. The van der Waals surface area contributed by atoms with E-state index in [0.717, 1.165) is 27.9 Å². The number of aliphatic hydroxyl groups is 1. The molecule has 5 heteroatoms. The van der Waals surface area contributed by atoms with Crippen molar-refractivity contribution in [2.45, 2.75) is 26.2 Å². The Morgan fingerprint density at radius 1 is 1.04 bits per heavy atom. The number of hydrogen-bond donors (Lipinski definition) is 2. The molecule has 2 aromatic rings. The molecule has 0 aliphatic carbocycles. The van der Waals surface area contributed by atoms with Crippen LogP contribution in [0.3, 0.4) is 0 Å². The van der Waals surface area contributed by atoms with E-state index in [1.54, 1.807) is 12.1 Å². The highest BCUT2D eigenvalue weighted by molar-refractivity contribution is 7.84. The fourth-order valence-corrected chi connectivity index (χ4v) is 3.17. The second kappa shape index (κ2) is 8.04. The predicted octanol–water partition coefficient (Wildman–Crippen LogP) is 2.68. The van der Waals surface area contributed by atoms with Crippen molar-refractivity contribution >= 4 is 22.4 Å². The molecule has 0 aliphatic rings. The lowest BCUT2D eigenvalue weighted by atomic mass is 10.1. The lowest BCUT2D eigenvalue weighted by molar-refractivity contribution is -0.113. The molecular weight excluding hydrogens is 310 g/mol. The maximum Gasteiger partial charge on any atom is 0.237 e. The van der Waals surface area contributed by atoms with Crippen molar-refractivity contribution in [3.8, 4) is 0 Å². The first-order chi connectivity index (χ1) is 11.0. The molecule has 0 saturated carbocycles. The van der Waals surface area contributed by atoms with Crippen LogP contribution in [0, 0.1) is 13.8 Å². The number of amides is 1. The van der Waals surface area contributed by atoms with E-state index >= 15 is 0 Å². The first kappa shape index (κ1) is 17.4. The summed E-state index contributed by atoms with van der Waals surface area (Å²) in [5.41, 5.74) is 4.69. The minimum Gasteiger partial charge on any atom is -0.392 e. The molecule has 0 aromatic heterocycles. The second-order valence-electron chi connectivity index (χ2n) is 5.55. The average Bonchev–Trinajstić information content (AvgIpc) is 2.51. The zero-order chi connectivity index (χ0) is 16.8. The molecule has 0 spiro atoms. The molecule has 0 aliphatic heterocycles. The van der Waals surface area contributed by atoms with Gasteiger partial charge in [0, 0.05) is 22.2 Å². The van der Waals surface area contributed by atoms with Gasteiger partial charge in [-0.1, -0.05) is 30.3 Å². The molecule has 0 bridgehead atoms. The maximum atomic E-state index is 12.1. The Balaban J connectivity index is 1.88. The molecule has 0 fully saturated rings. The summed E-state index contributed by atoms with van der Waals surface area (Å²) < 4.78 is 12.1. The molecule has 4 nitrogen and oxygen atoms in total. The number of rotatable bonds is 6. The molecule has 0 heterocycles. The third kappa shape index (κ3) is 5.30. The van der Waals surface area contributed by atoms with Gasteiger partial charge in [-0.3, -0.25) is 9.00 Å². The third-order valence-electron chi connectivity index (χ3n) is 3.62. The number of carbonyl (C=O) groups excluding carboxylic acids is 1. The fourth-order valence-electron chi connectivity index (χ4n) is 2.14. The molecule has 1 amide bonds. The Hall–Kier alpha value is -1.98. The molecule has 2 N–H and O–H groups in total. The minimum atomic E-state index is -1.27. The Bertz CT molecular complexity index is 711. The topological polar surface area (TPSA) is 66.4 Å². The van der Waals surface area contributed by atoms with Gasteiger partial charge < -0.3 is 10.4 Å². The molecule has 0 radical (unpaired) electrons. The lowest BCUT2D eigenvalue weighted by Gasteiger charge is -2.08. The smallest absolute Gasteiger partial charge is 0.237 e. The highest BCUT2D eigenvalue weighted by atomic mass is 32.2. The summed E-state index contributed by atoms with van der Waals surface area (Å²) in [6.07, 6.45) is 0. The van der Waals surface area contributed by atoms with Crippen molar-refractivity contribution in [2.24, 2.45) is 0 Å². The van der Waals surface area contributed by atoms with Crippen molar-refractivity contribution in [1.29, 1.82) is 0 Å². The van der Waals surface area contributed by atoms with Gasteiger partial charge in [-0.2, -0.15) is 0 Å². The number of aryl methyl sites for hydroxylation is 2. The summed E-state index contributed by atoms with van der Waals surface area (Å²) in [7, 11) is -1.27. The number of hydrogen-bond acceptors (Lipinski definition) is 3. The molecule has 122 valence electrons. The summed E-state index contributed by atoms with van der Waals surface area (Å²) >= 11 is 0. The van der Waals surface area contributed by atoms with E-state index in [2.05, 4.69) is 5.32 Å². The van der Waals surface area contributed by atoms with Crippen LogP contribution in [0.2, 0.25) is 0 Å². The summed E-state index contributed by atoms with van der Waals surface area (Å²) in [5.74, 6) is 0.0411. The maximum absolute atomic E-state index is 12.1. The number of aliphatic hydroxyl groups excluding tert-OH is 1. The molecule has 2 rings (SSSR count). The molecule has 0 saturated heterocycles. The van der Waals surface area contributed by atoms with Crippen LogP contribution in [0.15, 0.2) is 42.5 Å². The van der Waals surface area contributed by atoms with Gasteiger partial charge in [-0.15, -0.1) is 0 Å². The Labute approximate surface area is 139 Å². The highest BCUT2D eigenvalue weighted by Gasteiger charge is 2.10. The van der Waals surface area contributed by atoms with Crippen molar-refractivity contribution in [2.75, 3.05) is 11.1 Å². The standard InChI is InChI=1S/C18H21NO3S/c1-13-3-8-17(9-14(13)2)19-18(21)12-23(22)11-16-6-4-15(10-20)5-7-16/h3-9,20H,10-12H2,1-2H3,(H,19,21). The first-order valence-electron chi connectivity index (χ1n) is 7.38. The number of carbonyl (C=O) groups is 1. The first-order valence-corrected chi connectivity index (χ1v) is 8.87. The van der Waals surface area contributed by atoms with Crippen molar-refractivity contribution in [3.05, 3.63) is 64.7 Å². The van der Waals surface area contributed by atoms with E-state index < -0.39 is 10.8 Å². The van der Waals surface area contributed by atoms with E-state index in [4.69, 9.17) is 5.11 Å². The molecular formula is C18H21NO3S. The molecule has 2 aromatic carbocycles. The van der Waals surface area contributed by atoms with Gasteiger partial charge >= 0.3 is 0 Å². The van der Waals surface area contributed by atoms with Crippen LogP contribution in [0.25, 0.3) is 0 Å². The number of benzene rings is 2. The van der Waals surface area contributed by atoms with E-state index in [1.807, 2.05) is 44.2 Å². The minimum absolute atomic E-state index is 0.0122. The van der Waals surface area contributed by atoms with Gasteiger partial charge in [-0.25, -0.2) is 0 Å². The molecule has 23 heavy (non-hydrogen) atoms. The van der Waals surface area contributed by atoms with Crippen LogP contribution < -0.4 is 5.32 Å². The largest absolute Gasteiger partial charge is 0.392 e. The Kier molecular flexibility index (Phi) is 6.07. The van der Waals surface area contributed by atoms with Crippen LogP contribution in [0.5, 0.6) is 0 Å². The third-order valence-corrected chi connectivity index (χ3v) is 4.86. The number of nitrogens with one attached hydrogen (secondary N) is 1. The summed E-state index contributed by atoms with van der Waals surface area (Å²) in [5, 5.41) is 11.8. The zero-order valence-corrected chi connectivity index (χ0v) is 14.2. The Morgan fingerprint density at radius 2 is 1.70 bits per heavy atom. The van der Waals surface area contributed by atoms with Crippen LogP contribution in [-0.4, -0.2) is 21.0 Å². The Morgan fingerprint density at radius 3 is 2.30 bits per heavy atom. The molecule has 1 unspecified atom stereocenters. The van der Waals surface area contributed by atoms with Gasteiger partial charge in [-0.05, 0) is 48.2 Å². The summed E-state index contributed by atoms with van der Waals surface area (Å²) in [6, 6.07) is 12.9. The molecule has 1 atom stereocenters. The monoisotopic (exact) mass is 331 g/mol. The predicted molar refractivity (Wildman–Crippen MR) is 93.6 cm³/mol. The second-order valence-corrected chi connectivity index (χ2v) is 7.01. The fraction of sp³-hybridized carbons (Fsp3) is 0.278. The van der Waals surface area contributed by atoms with Crippen molar-refractivity contribution < 1.29 is 14.1 Å². The van der Waals surface area contributed by atoms with Crippen LogP contribution in [-0.2, 0) is 28.0 Å². The van der Waals surface area contributed by atoms with Crippen molar-refractivity contribution in [1.82, 2.24) is 0 Å². The zero-order valence-electron chi connectivity index (χ0n) is 13.3.